The summed E-state index contributed by atoms with van der Waals surface area (Å²) < 4.78 is 11.3. The Morgan fingerprint density at radius 2 is 2.05 bits per heavy atom. The maximum absolute atomic E-state index is 12.2. The lowest BCUT2D eigenvalue weighted by molar-refractivity contribution is -0.154. The molecule has 0 aliphatic heterocycles. The average Bonchev–Trinajstić information content (AvgIpc) is 2.51. The van der Waals surface area contributed by atoms with Crippen molar-refractivity contribution in [2.45, 2.75) is 77.9 Å². The van der Waals surface area contributed by atoms with E-state index in [1.54, 1.807) is 0 Å². The van der Waals surface area contributed by atoms with Crippen LogP contribution in [-0.4, -0.2) is 37.4 Å². The first kappa shape index (κ1) is 18.4. The summed E-state index contributed by atoms with van der Waals surface area (Å²) in [5.74, 6) is 0.572. The number of carbonyl (C=O) groups is 1. The summed E-state index contributed by atoms with van der Waals surface area (Å²) >= 11 is 0. The highest BCUT2D eigenvalue weighted by Gasteiger charge is 2.36. The van der Waals surface area contributed by atoms with Gasteiger partial charge in [-0.05, 0) is 45.6 Å². The van der Waals surface area contributed by atoms with Crippen LogP contribution in [0.3, 0.4) is 0 Å². The van der Waals surface area contributed by atoms with Crippen molar-refractivity contribution in [1.29, 1.82) is 0 Å². The number of hydrogen-bond donors (Lipinski definition) is 1. The van der Waals surface area contributed by atoms with Crippen LogP contribution in [0.5, 0.6) is 0 Å². The highest BCUT2D eigenvalue weighted by Crippen LogP contribution is 2.29. The standard InChI is InChI=1S/C17H33NO3/c1-5-11-18-17(4,16(19)20-7-3)13-21-15-10-8-9-14(6-2)12-15/h14-15,18H,5-13H2,1-4H3. The molecule has 1 aliphatic rings. The van der Waals surface area contributed by atoms with Crippen molar-refractivity contribution >= 4 is 5.97 Å². The average molecular weight is 299 g/mol. The molecular formula is C17H33NO3. The Balaban J connectivity index is 2.53. The van der Waals surface area contributed by atoms with Crippen LogP contribution in [0.4, 0.5) is 0 Å². The van der Waals surface area contributed by atoms with Crippen molar-refractivity contribution in [2.75, 3.05) is 19.8 Å². The fraction of sp³-hybridized carbons (Fsp3) is 0.941. The zero-order valence-electron chi connectivity index (χ0n) is 14.2. The first-order valence-corrected chi connectivity index (χ1v) is 8.59. The number of carbonyl (C=O) groups excluding carboxylic acids is 1. The minimum Gasteiger partial charge on any atom is -0.465 e. The molecule has 0 amide bonds. The van der Waals surface area contributed by atoms with Crippen LogP contribution in [0, 0.1) is 5.92 Å². The molecule has 3 unspecified atom stereocenters. The fourth-order valence-corrected chi connectivity index (χ4v) is 2.92. The van der Waals surface area contributed by atoms with E-state index in [-0.39, 0.29) is 5.97 Å². The molecule has 1 rings (SSSR count). The highest BCUT2D eigenvalue weighted by molar-refractivity contribution is 5.80. The molecule has 1 N–H and O–H groups in total. The monoisotopic (exact) mass is 299 g/mol. The van der Waals surface area contributed by atoms with Gasteiger partial charge in [-0.2, -0.15) is 0 Å². The third kappa shape index (κ3) is 5.95. The summed E-state index contributed by atoms with van der Waals surface area (Å²) in [4.78, 5) is 12.2. The van der Waals surface area contributed by atoms with E-state index in [9.17, 15) is 4.79 Å². The Morgan fingerprint density at radius 3 is 2.67 bits per heavy atom. The molecular weight excluding hydrogens is 266 g/mol. The Bertz CT molecular complexity index is 308. The number of esters is 1. The van der Waals surface area contributed by atoms with Crippen LogP contribution < -0.4 is 5.32 Å². The molecule has 0 heterocycles. The van der Waals surface area contributed by atoms with Gasteiger partial charge in [-0.15, -0.1) is 0 Å². The molecule has 4 nitrogen and oxygen atoms in total. The van der Waals surface area contributed by atoms with Gasteiger partial charge < -0.3 is 14.8 Å². The van der Waals surface area contributed by atoms with Gasteiger partial charge in [0.25, 0.3) is 0 Å². The van der Waals surface area contributed by atoms with Gasteiger partial charge in [-0.1, -0.05) is 33.1 Å². The van der Waals surface area contributed by atoms with Gasteiger partial charge in [0.2, 0.25) is 0 Å². The summed E-state index contributed by atoms with van der Waals surface area (Å²) in [5.41, 5.74) is -0.731. The van der Waals surface area contributed by atoms with E-state index >= 15 is 0 Å². The second-order valence-electron chi connectivity index (χ2n) is 6.35. The molecule has 124 valence electrons. The lowest BCUT2D eigenvalue weighted by Crippen LogP contribution is -2.55. The van der Waals surface area contributed by atoms with Crippen molar-refractivity contribution in [3.05, 3.63) is 0 Å². The maximum atomic E-state index is 12.2. The molecule has 0 saturated heterocycles. The van der Waals surface area contributed by atoms with Crippen molar-refractivity contribution in [3.8, 4) is 0 Å². The Hall–Kier alpha value is -0.610. The number of hydrogen-bond acceptors (Lipinski definition) is 4. The van der Waals surface area contributed by atoms with E-state index in [1.165, 1.54) is 19.3 Å². The largest absolute Gasteiger partial charge is 0.465 e. The van der Waals surface area contributed by atoms with Gasteiger partial charge in [0.05, 0.1) is 19.3 Å². The normalized spacial score (nSPS) is 25.3. The molecule has 0 aromatic heterocycles. The zero-order valence-corrected chi connectivity index (χ0v) is 14.2. The summed E-state index contributed by atoms with van der Waals surface area (Å²) in [5, 5.41) is 3.30. The minimum atomic E-state index is -0.731. The maximum Gasteiger partial charge on any atom is 0.328 e. The second kappa shape index (κ2) is 9.42. The lowest BCUT2D eigenvalue weighted by Gasteiger charge is -2.33. The molecule has 0 bridgehead atoms. The van der Waals surface area contributed by atoms with E-state index in [0.717, 1.165) is 31.7 Å². The summed E-state index contributed by atoms with van der Waals surface area (Å²) in [7, 11) is 0. The summed E-state index contributed by atoms with van der Waals surface area (Å²) in [6, 6.07) is 0. The SMILES string of the molecule is CCCNC(C)(COC1CCCC(CC)C1)C(=O)OCC. The number of nitrogens with one attached hydrogen (secondary N) is 1. The first-order valence-electron chi connectivity index (χ1n) is 8.59. The minimum absolute atomic E-state index is 0.207. The smallest absolute Gasteiger partial charge is 0.328 e. The van der Waals surface area contributed by atoms with Crippen LogP contribution >= 0.6 is 0 Å². The third-order valence-electron chi connectivity index (χ3n) is 4.41. The highest BCUT2D eigenvalue weighted by atomic mass is 16.5. The van der Waals surface area contributed by atoms with E-state index in [4.69, 9.17) is 9.47 Å². The Morgan fingerprint density at radius 1 is 1.29 bits per heavy atom. The van der Waals surface area contributed by atoms with Crippen LogP contribution in [0.15, 0.2) is 0 Å². The molecule has 0 aromatic rings. The molecule has 0 aromatic carbocycles. The van der Waals surface area contributed by atoms with Crippen LogP contribution in [0.1, 0.15) is 66.2 Å². The van der Waals surface area contributed by atoms with Gasteiger partial charge >= 0.3 is 5.97 Å². The van der Waals surface area contributed by atoms with Gasteiger partial charge in [0.1, 0.15) is 5.54 Å². The quantitative estimate of drug-likeness (QED) is 0.664. The molecule has 3 atom stereocenters. The van der Waals surface area contributed by atoms with Crippen LogP contribution in [0.2, 0.25) is 0 Å². The lowest BCUT2D eigenvalue weighted by atomic mass is 9.85. The predicted octanol–water partition coefficient (Wildman–Crippen LogP) is 3.29. The molecule has 0 spiro atoms. The Kier molecular flexibility index (Phi) is 8.27. The number of ether oxygens (including phenoxy) is 2. The van der Waals surface area contributed by atoms with Crippen molar-refractivity contribution in [3.63, 3.8) is 0 Å². The topological polar surface area (TPSA) is 47.6 Å². The third-order valence-corrected chi connectivity index (χ3v) is 4.41. The van der Waals surface area contributed by atoms with Gasteiger partial charge in [0, 0.05) is 0 Å². The first-order chi connectivity index (χ1) is 10.1. The molecule has 4 heteroatoms. The molecule has 1 aliphatic carbocycles. The zero-order chi connectivity index (χ0) is 15.7. The van der Waals surface area contributed by atoms with Gasteiger partial charge in [0.15, 0.2) is 0 Å². The van der Waals surface area contributed by atoms with E-state index in [1.807, 2.05) is 13.8 Å². The summed E-state index contributed by atoms with van der Waals surface area (Å²) in [6.07, 6.45) is 7.30. The number of rotatable bonds is 9. The van der Waals surface area contributed by atoms with Crippen molar-refractivity contribution in [2.24, 2.45) is 5.92 Å². The predicted molar refractivity (Wildman–Crippen MR) is 85.3 cm³/mol. The van der Waals surface area contributed by atoms with Crippen molar-refractivity contribution in [1.82, 2.24) is 5.32 Å². The van der Waals surface area contributed by atoms with E-state index < -0.39 is 5.54 Å². The second-order valence-corrected chi connectivity index (χ2v) is 6.35. The van der Waals surface area contributed by atoms with E-state index in [2.05, 4.69) is 19.2 Å². The summed E-state index contributed by atoms with van der Waals surface area (Å²) in [6.45, 7) is 9.66. The molecule has 21 heavy (non-hydrogen) atoms. The van der Waals surface area contributed by atoms with Crippen LogP contribution in [0.25, 0.3) is 0 Å². The molecule has 0 radical (unpaired) electrons. The Labute approximate surface area is 130 Å². The molecule has 1 saturated carbocycles. The van der Waals surface area contributed by atoms with Gasteiger partial charge in [-0.3, -0.25) is 0 Å². The van der Waals surface area contributed by atoms with Gasteiger partial charge in [-0.25, -0.2) is 4.79 Å². The van der Waals surface area contributed by atoms with E-state index in [0.29, 0.717) is 19.3 Å². The van der Waals surface area contributed by atoms with Crippen molar-refractivity contribution < 1.29 is 14.3 Å². The molecule has 1 fully saturated rings. The fourth-order valence-electron chi connectivity index (χ4n) is 2.92. The van der Waals surface area contributed by atoms with Crippen LogP contribution in [-0.2, 0) is 14.3 Å².